The number of ketones is 1. The molecule has 0 amide bonds. The van der Waals surface area contributed by atoms with Crippen LogP contribution in [0.5, 0.6) is 11.5 Å². The summed E-state index contributed by atoms with van der Waals surface area (Å²) in [5.74, 6) is 0.777. The fourth-order valence-electron chi connectivity index (χ4n) is 1.92. The average molecular weight is 343 g/mol. The number of ether oxygens (including phenoxy) is 1. The zero-order chi connectivity index (χ0) is 17.5. The van der Waals surface area contributed by atoms with Crippen LogP contribution in [-0.2, 0) is 0 Å². The molecule has 0 fully saturated rings. The number of aromatic hydroxyl groups is 1. The van der Waals surface area contributed by atoms with Crippen LogP contribution in [0.15, 0.2) is 60.9 Å². The second-order valence-electron chi connectivity index (χ2n) is 5.62. The number of hydrogen-bond donors (Lipinski definition) is 1. The van der Waals surface area contributed by atoms with E-state index in [1.165, 1.54) is 12.1 Å². The summed E-state index contributed by atoms with van der Waals surface area (Å²) >= 11 is 5.87. The Morgan fingerprint density at radius 1 is 1.21 bits per heavy atom. The lowest BCUT2D eigenvalue weighted by Crippen LogP contribution is -1.93. The number of rotatable bonds is 6. The SMILES string of the molecule is CC(C)C=COc1ccc(C=CC(=O)c2cccc(Cl)c2)c(O)c1. The van der Waals surface area contributed by atoms with Crippen molar-refractivity contribution < 1.29 is 14.6 Å². The van der Waals surface area contributed by atoms with E-state index in [9.17, 15) is 9.90 Å². The number of allylic oxidation sites excluding steroid dienone is 2. The first-order valence-electron chi connectivity index (χ1n) is 7.60. The lowest BCUT2D eigenvalue weighted by Gasteiger charge is -2.04. The van der Waals surface area contributed by atoms with Gasteiger partial charge in [0, 0.05) is 22.2 Å². The van der Waals surface area contributed by atoms with E-state index in [1.54, 1.807) is 48.7 Å². The Hall–Kier alpha value is -2.52. The summed E-state index contributed by atoms with van der Waals surface area (Å²) in [7, 11) is 0. The third kappa shape index (κ3) is 5.28. The summed E-state index contributed by atoms with van der Waals surface area (Å²) in [6.45, 7) is 4.09. The van der Waals surface area contributed by atoms with E-state index in [-0.39, 0.29) is 11.5 Å². The average Bonchev–Trinajstić information content (AvgIpc) is 2.53. The Bertz CT molecular complexity index is 776. The first-order valence-corrected chi connectivity index (χ1v) is 7.98. The highest BCUT2D eigenvalue weighted by molar-refractivity contribution is 6.31. The van der Waals surface area contributed by atoms with E-state index in [0.717, 1.165) is 0 Å². The minimum atomic E-state index is -0.183. The van der Waals surface area contributed by atoms with Gasteiger partial charge in [0.25, 0.3) is 0 Å². The monoisotopic (exact) mass is 342 g/mol. The van der Waals surface area contributed by atoms with Gasteiger partial charge in [-0.25, -0.2) is 0 Å². The highest BCUT2D eigenvalue weighted by Crippen LogP contribution is 2.25. The van der Waals surface area contributed by atoms with Crippen LogP contribution in [0, 0.1) is 5.92 Å². The van der Waals surface area contributed by atoms with Gasteiger partial charge >= 0.3 is 0 Å². The first-order chi connectivity index (χ1) is 11.5. The lowest BCUT2D eigenvalue weighted by molar-refractivity contribution is 0.104. The maximum atomic E-state index is 12.1. The van der Waals surface area contributed by atoms with Crippen molar-refractivity contribution in [2.24, 2.45) is 5.92 Å². The summed E-state index contributed by atoms with van der Waals surface area (Å²) in [5.41, 5.74) is 1.03. The van der Waals surface area contributed by atoms with Crippen LogP contribution >= 0.6 is 11.6 Å². The molecule has 124 valence electrons. The minimum absolute atomic E-state index is 0.0422. The zero-order valence-corrected chi connectivity index (χ0v) is 14.3. The van der Waals surface area contributed by atoms with Crippen molar-refractivity contribution in [2.75, 3.05) is 0 Å². The number of benzene rings is 2. The molecule has 2 rings (SSSR count). The molecule has 1 N–H and O–H groups in total. The van der Waals surface area contributed by atoms with E-state index in [1.807, 2.05) is 19.9 Å². The van der Waals surface area contributed by atoms with Gasteiger partial charge in [0.05, 0.1) is 6.26 Å². The molecule has 0 aliphatic heterocycles. The van der Waals surface area contributed by atoms with Crippen molar-refractivity contribution in [2.45, 2.75) is 13.8 Å². The summed E-state index contributed by atoms with van der Waals surface area (Å²) in [4.78, 5) is 12.1. The van der Waals surface area contributed by atoms with Gasteiger partial charge < -0.3 is 9.84 Å². The number of phenolic OH excluding ortho intramolecular Hbond substituents is 1. The van der Waals surface area contributed by atoms with Crippen molar-refractivity contribution in [3.8, 4) is 11.5 Å². The van der Waals surface area contributed by atoms with Crippen molar-refractivity contribution in [1.82, 2.24) is 0 Å². The molecule has 0 bridgehead atoms. The quantitative estimate of drug-likeness (QED) is 0.429. The second kappa shape index (κ2) is 8.37. The molecule has 3 nitrogen and oxygen atoms in total. The first kappa shape index (κ1) is 17.8. The molecule has 0 heterocycles. The van der Waals surface area contributed by atoms with Crippen LogP contribution in [0.3, 0.4) is 0 Å². The number of halogens is 1. The minimum Gasteiger partial charge on any atom is -0.507 e. The molecule has 0 saturated carbocycles. The van der Waals surface area contributed by atoms with Crippen LogP contribution in [0.25, 0.3) is 6.08 Å². The topological polar surface area (TPSA) is 46.5 Å². The summed E-state index contributed by atoms with van der Waals surface area (Å²) in [6, 6.07) is 11.7. The fourth-order valence-corrected chi connectivity index (χ4v) is 2.11. The number of carbonyl (C=O) groups excluding carboxylic acids is 1. The Kier molecular flexibility index (Phi) is 6.21. The zero-order valence-electron chi connectivity index (χ0n) is 13.6. The standard InChI is InChI=1S/C20H19ClO3/c1-14(2)10-11-24-18-8-6-15(20(23)13-18)7-9-19(22)16-4-3-5-17(21)12-16/h3-14,23H,1-2H3. The third-order valence-electron chi connectivity index (χ3n) is 3.19. The van der Waals surface area contributed by atoms with Gasteiger partial charge in [-0.3, -0.25) is 4.79 Å². The molecule has 0 unspecified atom stereocenters. The van der Waals surface area contributed by atoms with Crippen LogP contribution in [0.4, 0.5) is 0 Å². The molecule has 0 saturated heterocycles. The number of carbonyl (C=O) groups is 1. The molecule has 0 aromatic heterocycles. The van der Waals surface area contributed by atoms with E-state index >= 15 is 0 Å². The molecule has 0 aliphatic carbocycles. The molecule has 4 heteroatoms. The molecule has 2 aromatic rings. The predicted octanol–water partition coefficient (Wildman–Crippen LogP) is 5.49. The van der Waals surface area contributed by atoms with Crippen molar-refractivity contribution in [1.29, 1.82) is 0 Å². The Balaban J connectivity index is 2.08. The second-order valence-corrected chi connectivity index (χ2v) is 6.06. The molecular weight excluding hydrogens is 324 g/mol. The van der Waals surface area contributed by atoms with Crippen LogP contribution in [-0.4, -0.2) is 10.9 Å². The Morgan fingerprint density at radius 2 is 2.00 bits per heavy atom. The van der Waals surface area contributed by atoms with Crippen molar-refractivity contribution in [3.05, 3.63) is 77.0 Å². The van der Waals surface area contributed by atoms with Gasteiger partial charge in [-0.1, -0.05) is 37.6 Å². The van der Waals surface area contributed by atoms with Crippen molar-refractivity contribution >= 4 is 23.5 Å². The molecule has 2 aromatic carbocycles. The molecule has 24 heavy (non-hydrogen) atoms. The van der Waals surface area contributed by atoms with Gasteiger partial charge in [0.1, 0.15) is 11.5 Å². The van der Waals surface area contributed by atoms with Gasteiger partial charge in [0.15, 0.2) is 5.78 Å². The largest absolute Gasteiger partial charge is 0.507 e. The smallest absolute Gasteiger partial charge is 0.185 e. The van der Waals surface area contributed by atoms with Gasteiger partial charge in [-0.2, -0.15) is 0 Å². The molecule has 0 spiro atoms. The Labute approximate surface area is 146 Å². The van der Waals surface area contributed by atoms with E-state index in [0.29, 0.717) is 27.8 Å². The summed E-state index contributed by atoms with van der Waals surface area (Å²) in [6.07, 6.45) is 6.47. The predicted molar refractivity (Wildman–Crippen MR) is 97.5 cm³/mol. The highest BCUT2D eigenvalue weighted by atomic mass is 35.5. The lowest BCUT2D eigenvalue weighted by atomic mass is 10.1. The van der Waals surface area contributed by atoms with Crippen molar-refractivity contribution in [3.63, 3.8) is 0 Å². The highest BCUT2D eigenvalue weighted by Gasteiger charge is 2.04. The van der Waals surface area contributed by atoms with Crippen LogP contribution < -0.4 is 4.74 Å². The van der Waals surface area contributed by atoms with E-state index in [2.05, 4.69) is 0 Å². The molecule has 0 radical (unpaired) electrons. The fraction of sp³-hybridized carbons (Fsp3) is 0.150. The maximum absolute atomic E-state index is 12.1. The Morgan fingerprint density at radius 3 is 2.67 bits per heavy atom. The van der Waals surface area contributed by atoms with Gasteiger partial charge in [-0.05, 0) is 48.4 Å². The van der Waals surface area contributed by atoms with Gasteiger partial charge in [0.2, 0.25) is 0 Å². The number of phenols is 1. The normalized spacial score (nSPS) is 11.5. The number of hydrogen-bond acceptors (Lipinski definition) is 3. The molecule has 0 atom stereocenters. The van der Waals surface area contributed by atoms with Crippen LogP contribution in [0.1, 0.15) is 29.8 Å². The third-order valence-corrected chi connectivity index (χ3v) is 3.43. The van der Waals surface area contributed by atoms with E-state index < -0.39 is 0 Å². The summed E-state index contributed by atoms with van der Waals surface area (Å²) < 4.78 is 5.41. The maximum Gasteiger partial charge on any atom is 0.185 e. The van der Waals surface area contributed by atoms with Gasteiger partial charge in [-0.15, -0.1) is 0 Å². The molecule has 0 aliphatic rings. The van der Waals surface area contributed by atoms with E-state index in [4.69, 9.17) is 16.3 Å². The summed E-state index contributed by atoms with van der Waals surface area (Å²) in [5, 5.41) is 10.5. The van der Waals surface area contributed by atoms with Crippen LogP contribution in [0.2, 0.25) is 5.02 Å². The molecular formula is C20H19ClO3.